The van der Waals surface area contributed by atoms with Gasteiger partial charge >= 0.3 is 0 Å². The Labute approximate surface area is 118 Å². The Balaban J connectivity index is 2.07. The van der Waals surface area contributed by atoms with Crippen LogP contribution in [0.1, 0.15) is 37.7 Å². The van der Waals surface area contributed by atoms with Crippen molar-refractivity contribution in [2.75, 3.05) is 11.9 Å². The second-order valence-electron chi connectivity index (χ2n) is 4.94. The average molecular weight is 275 g/mol. The third kappa shape index (κ3) is 3.82. The molecule has 1 saturated carbocycles. The molecule has 1 aliphatic carbocycles. The lowest BCUT2D eigenvalue weighted by Gasteiger charge is -2.10. The Bertz CT molecular complexity index is 539. The molecule has 1 aromatic rings. The number of carbonyl (C=O) groups excluding carboxylic acids is 1. The van der Waals surface area contributed by atoms with Gasteiger partial charge in [0.2, 0.25) is 5.91 Å². The second-order valence-corrected chi connectivity index (χ2v) is 4.94. The van der Waals surface area contributed by atoms with Gasteiger partial charge in [0.05, 0.1) is 12.2 Å². The van der Waals surface area contributed by atoms with Gasteiger partial charge in [-0.05, 0) is 31.0 Å². The van der Waals surface area contributed by atoms with E-state index in [0.29, 0.717) is 12.1 Å². The van der Waals surface area contributed by atoms with E-state index >= 15 is 0 Å². The third-order valence-corrected chi connectivity index (χ3v) is 3.42. The smallest absolute Gasteiger partial charge is 0.227 e. The molecule has 106 valence electrons. The molecule has 2 N–H and O–H groups in total. The molecule has 1 fully saturated rings. The number of amides is 1. The van der Waals surface area contributed by atoms with Crippen LogP contribution in [0.2, 0.25) is 0 Å². The molecule has 2 rings (SSSR count). The van der Waals surface area contributed by atoms with Crippen LogP contribution in [0.4, 0.5) is 10.1 Å². The molecule has 0 heterocycles. The minimum Gasteiger partial charge on any atom is -0.395 e. The first-order valence-corrected chi connectivity index (χ1v) is 6.91. The number of hydrogen-bond acceptors (Lipinski definition) is 2. The molecule has 0 spiro atoms. The summed E-state index contributed by atoms with van der Waals surface area (Å²) in [5, 5.41) is 11.5. The topological polar surface area (TPSA) is 49.3 Å². The minimum absolute atomic E-state index is 0.00313. The highest BCUT2D eigenvalue weighted by Crippen LogP contribution is 2.26. The Kier molecular flexibility index (Phi) is 5.14. The zero-order valence-electron chi connectivity index (χ0n) is 11.3. The molecule has 0 atom stereocenters. The van der Waals surface area contributed by atoms with E-state index in [-0.39, 0.29) is 24.0 Å². The second kappa shape index (κ2) is 7.06. The van der Waals surface area contributed by atoms with Crippen molar-refractivity contribution < 1.29 is 14.3 Å². The summed E-state index contributed by atoms with van der Waals surface area (Å²) < 4.78 is 13.6. The van der Waals surface area contributed by atoms with Crippen molar-refractivity contribution in [1.82, 2.24) is 0 Å². The molecular formula is C16H18FNO2. The largest absolute Gasteiger partial charge is 0.395 e. The van der Waals surface area contributed by atoms with Crippen LogP contribution in [-0.2, 0) is 4.79 Å². The fourth-order valence-electron chi connectivity index (χ4n) is 2.34. The molecule has 0 aliphatic heterocycles. The zero-order chi connectivity index (χ0) is 14.4. The van der Waals surface area contributed by atoms with Gasteiger partial charge in [-0.2, -0.15) is 0 Å². The Morgan fingerprint density at radius 1 is 1.40 bits per heavy atom. The van der Waals surface area contributed by atoms with Crippen LogP contribution >= 0.6 is 0 Å². The lowest BCUT2D eigenvalue weighted by Crippen LogP contribution is -2.20. The molecule has 0 aromatic heterocycles. The normalized spacial score (nSPS) is 14.7. The summed E-state index contributed by atoms with van der Waals surface area (Å²) in [6, 6.07) is 4.37. The van der Waals surface area contributed by atoms with Crippen molar-refractivity contribution in [2.45, 2.75) is 32.1 Å². The van der Waals surface area contributed by atoms with Gasteiger partial charge in [0.25, 0.3) is 0 Å². The number of aliphatic hydroxyl groups excluding tert-OH is 1. The van der Waals surface area contributed by atoms with Crippen molar-refractivity contribution in [1.29, 1.82) is 0 Å². The SMILES string of the molecule is O=C(Nc1ccc(F)c(C#CCCO)c1)C1CCCC1. The maximum atomic E-state index is 13.6. The highest BCUT2D eigenvalue weighted by Gasteiger charge is 2.22. The molecule has 1 aliphatic rings. The number of hydrogen-bond donors (Lipinski definition) is 2. The van der Waals surface area contributed by atoms with Gasteiger partial charge in [-0.3, -0.25) is 4.79 Å². The number of anilines is 1. The van der Waals surface area contributed by atoms with Gasteiger partial charge in [0, 0.05) is 18.0 Å². The molecule has 1 amide bonds. The van der Waals surface area contributed by atoms with E-state index in [1.807, 2.05) is 0 Å². The van der Waals surface area contributed by atoms with Crippen molar-refractivity contribution in [2.24, 2.45) is 5.92 Å². The summed E-state index contributed by atoms with van der Waals surface area (Å²) >= 11 is 0. The van der Waals surface area contributed by atoms with Crippen molar-refractivity contribution in [3.63, 3.8) is 0 Å². The maximum absolute atomic E-state index is 13.6. The highest BCUT2D eigenvalue weighted by molar-refractivity contribution is 5.92. The summed E-state index contributed by atoms with van der Waals surface area (Å²) in [7, 11) is 0. The first kappa shape index (κ1) is 14.5. The number of carbonyl (C=O) groups is 1. The lowest BCUT2D eigenvalue weighted by molar-refractivity contribution is -0.119. The Hall–Kier alpha value is -1.86. The third-order valence-electron chi connectivity index (χ3n) is 3.42. The number of nitrogens with one attached hydrogen (secondary N) is 1. The molecule has 20 heavy (non-hydrogen) atoms. The van der Waals surface area contributed by atoms with Crippen molar-refractivity contribution >= 4 is 11.6 Å². The summed E-state index contributed by atoms with van der Waals surface area (Å²) in [6.45, 7) is -0.0489. The molecule has 1 aromatic carbocycles. The first-order valence-electron chi connectivity index (χ1n) is 6.91. The van der Waals surface area contributed by atoms with Gasteiger partial charge in [-0.1, -0.05) is 24.7 Å². The van der Waals surface area contributed by atoms with Crippen LogP contribution in [0, 0.1) is 23.6 Å². The number of aliphatic hydroxyl groups is 1. The van der Waals surface area contributed by atoms with E-state index < -0.39 is 5.82 Å². The van der Waals surface area contributed by atoms with E-state index in [1.165, 1.54) is 12.1 Å². The molecule has 0 bridgehead atoms. The van der Waals surface area contributed by atoms with Crippen LogP contribution in [0.3, 0.4) is 0 Å². The van der Waals surface area contributed by atoms with E-state index in [1.54, 1.807) is 6.07 Å². The van der Waals surface area contributed by atoms with Crippen molar-refractivity contribution in [3.8, 4) is 11.8 Å². The number of halogens is 1. The predicted molar refractivity (Wildman–Crippen MR) is 75.6 cm³/mol. The van der Waals surface area contributed by atoms with Crippen LogP contribution < -0.4 is 5.32 Å². The van der Waals surface area contributed by atoms with E-state index in [4.69, 9.17) is 5.11 Å². The summed E-state index contributed by atoms with van der Waals surface area (Å²) in [6.07, 6.45) is 4.35. The quantitative estimate of drug-likeness (QED) is 0.833. The molecule has 0 radical (unpaired) electrons. The summed E-state index contributed by atoms with van der Waals surface area (Å²) in [4.78, 5) is 12.0. The highest BCUT2D eigenvalue weighted by atomic mass is 19.1. The lowest BCUT2D eigenvalue weighted by atomic mass is 10.1. The van der Waals surface area contributed by atoms with Crippen LogP contribution in [-0.4, -0.2) is 17.6 Å². The average Bonchev–Trinajstić information content (AvgIpc) is 2.96. The first-order chi connectivity index (χ1) is 9.70. The Morgan fingerprint density at radius 2 is 2.15 bits per heavy atom. The number of benzene rings is 1. The van der Waals surface area contributed by atoms with Gasteiger partial charge in [-0.25, -0.2) is 4.39 Å². The maximum Gasteiger partial charge on any atom is 0.227 e. The Morgan fingerprint density at radius 3 is 2.85 bits per heavy atom. The van der Waals surface area contributed by atoms with Gasteiger partial charge in [0.1, 0.15) is 5.82 Å². The number of rotatable bonds is 3. The molecule has 0 unspecified atom stereocenters. The molecule has 0 saturated heterocycles. The monoisotopic (exact) mass is 275 g/mol. The van der Waals surface area contributed by atoms with Crippen LogP contribution in [0.25, 0.3) is 0 Å². The van der Waals surface area contributed by atoms with Gasteiger partial charge < -0.3 is 10.4 Å². The predicted octanol–water partition coefficient (Wildman–Crippen LogP) is 2.69. The van der Waals surface area contributed by atoms with Gasteiger partial charge in [0.15, 0.2) is 0 Å². The van der Waals surface area contributed by atoms with E-state index in [2.05, 4.69) is 17.2 Å². The fraction of sp³-hybridized carbons (Fsp3) is 0.438. The standard InChI is InChI=1S/C16H18FNO2/c17-15-9-8-14(11-13(15)7-3-4-10-19)18-16(20)12-5-1-2-6-12/h8-9,11-12,19H,1-2,4-6,10H2,(H,18,20). The molecule has 4 heteroatoms. The van der Waals surface area contributed by atoms with E-state index in [9.17, 15) is 9.18 Å². The molecular weight excluding hydrogens is 257 g/mol. The van der Waals surface area contributed by atoms with Crippen molar-refractivity contribution in [3.05, 3.63) is 29.6 Å². The zero-order valence-corrected chi connectivity index (χ0v) is 11.3. The van der Waals surface area contributed by atoms with Crippen LogP contribution in [0.5, 0.6) is 0 Å². The molecule has 3 nitrogen and oxygen atoms in total. The van der Waals surface area contributed by atoms with E-state index in [0.717, 1.165) is 25.7 Å². The van der Waals surface area contributed by atoms with Gasteiger partial charge in [-0.15, -0.1) is 0 Å². The minimum atomic E-state index is -0.422. The summed E-state index contributed by atoms with van der Waals surface area (Å²) in [5.74, 6) is 4.99. The fourth-order valence-corrected chi connectivity index (χ4v) is 2.34. The summed E-state index contributed by atoms with van der Waals surface area (Å²) in [5.41, 5.74) is 0.805. The van der Waals surface area contributed by atoms with Crippen LogP contribution in [0.15, 0.2) is 18.2 Å².